The van der Waals surface area contributed by atoms with Crippen molar-refractivity contribution in [3.05, 3.63) is 118 Å². The third-order valence-electron chi connectivity index (χ3n) is 7.91. The first-order valence-electron chi connectivity index (χ1n) is 15.6. The summed E-state index contributed by atoms with van der Waals surface area (Å²) in [6.07, 6.45) is 6.87. The topological polar surface area (TPSA) is 35.5 Å². The van der Waals surface area contributed by atoms with E-state index in [9.17, 15) is 4.79 Å². The van der Waals surface area contributed by atoms with Crippen molar-refractivity contribution in [1.82, 2.24) is 0 Å². The fourth-order valence-corrected chi connectivity index (χ4v) is 5.43. The van der Waals surface area contributed by atoms with Gasteiger partial charge in [0.15, 0.2) is 0 Å². The van der Waals surface area contributed by atoms with Gasteiger partial charge in [-0.1, -0.05) is 124 Å². The number of hydrogen-bond donors (Lipinski definition) is 0. The molecular formula is C40H44O3. The molecule has 3 heteroatoms. The number of esters is 1. The lowest BCUT2D eigenvalue weighted by Gasteiger charge is -2.17. The first-order valence-corrected chi connectivity index (χ1v) is 15.6. The Bertz CT molecular complexity index is 1540. The molecule has 4 aromatic carbocycles. The van der Waals surface area contributed by atoms with Crippen molar-refractivity contribution in [3.8, 4) is 34.1 Å². The van der Waals surface area contributed by atoms with Crippen LogP contribution in [0, 0.1) is 11.8 Å². The molecule has 0 atom stereocenters. The Balaban J connectivity index is 1.63. The van der Waals surface area contributed by atoms with Crippen LogP contribution in [-0.4, -0.2) is 19.7 Å². The maximum atomic E-state index is 12.3. The smallest absolute Gasteiger partial charge is 0.310 e. The van der Waals surface area contributed by atoms with Crippen molar-refractivity contribution < 1.29 is 14.3 Å². The van der Waals surface area contributed by atoms with Crippen LogP contribution in [0.1, 0.15) is 73.4 Å². The van der Waals surface area contributed by atoms with E-state index in [0.29, 0.717) is 13.2 Å². The minimum Gasteiger partial charge on any atom is -0.469 e. The maximum absolute atomic E-state index is 12.3. The largest absolute Gasteiger partial charge is 0.469 e. The summed E-state index contributed by atoms with van der Waals surface area (Å²) >= 11 is 0. The summed E-state index contributed by atoms with van der Waals surface area (Å²) in [6, 6.07) is 30.2. The third kappa shape index (κ3) is 8.93. The predicted octanol–water partition coefficient (Wildman–Crippen LogP) is 9.16. The molecule has 0 amide bonds. The Kier molecular flexibility index (Phi) is 12.2. The molecule has 0 spiro atoms. The zero-order valence-corrected chi connectivity index (χ0v) is 26.2. The van der Waals surface area contributed by atoms with E-state index in [1.165, 1.54) is 65.3 Å². The van der Waals surface area contributed by atoms with Crippen LogP contribution in [0.5, 0.6) is 0 Å². The number of rotatable bonds is 13. The molecule has 4 aromatic rings. The van der Waals surface area contributed by atoms with Crippen molar-refractivity contribution in [2.75, 3.05) is 13.7 Å². The van der Waals surface area contributed by atoms with Gasteiger partial charge >= 0.3 is 5.97 Å². The third-order valence-corrected chi connectivity index (χ3v) is 7.91. The number of benzene rings is 4. The van der Waals surface area contributed by atoms with Gasteiger partial charge in [0.1, 0.15) is 6.61 Å². The molecule has 0 saturated carbocycles. The van der Waals surface area contributed by atoms with Crippen LogP contribution >= 0.6 is 0 Å². The molecule has 0 radical (unpaired) electrons. The number of aryl methyl sites for hydroxylation is 3. The van der Waals surface area contributed by atoms with Gasteiger partial charge in [-0.2, -0.15) is 0 Å². The fourth-order valence-electron chi connectivity index (χ4n) is 5.43. The molecular weight excluding hydrogens is 528 g/mol. The number of carbonyl (C=O) groups is 1. The minimum absolute atomic E-state index is 0.187. The summed E-state index contributed by atoms with van der Waals surface area (Å²) in [5.41, 5.74) is 11.6. The highest BCUT2D eigenvalue weighted by Gasteiger charge is 2.15. The molecule has 0 saturated heterocycles. The number of carbonyl (C=O) groups excluding carboxylic acids is 1. The van der Waals surface area contributed by atoms with E-state index in [1.54, 1.807) is 0 Å². The van der Waals surface area contributed by atoms with E-state index in [1.807, 2.05) is 30.3 Å². The second kappa shape index (κ2) is 16.5. The molecule has 0 aliphatic heterocycles. The van der Waals surface area contributed by atoms with Gasteiger partial charge in [-0.25, -0.2) is 0 Å². The lowest BCUT2D eigenvalue weighted by molar-refractivity contribution is -0.139. The molecule has 0 aliphatic rings. The van der Waals surface area contributed by atoms with Crippen molar-refractivity contribution in [3.63, 3.8) is 0 Å². The second-order valence-electron chi connectivity index (χ2n) is 10.9. The SMILES string of the molecule is CCCCCc1ccc(-c2ccc(-c3cc(C#CCOCc4ccccc4)c(CC(=O)OC)cc3CC)c(CC)c2)cc1. The number of ether oxygens (including phenoxy) is 2. The molecule has 4 rings (SSSR count). The molecule has 0 unspecified atom stereocenters. The zero-order valence-electron chi connectivity index (χ0n) is 26.2. The molecule has 3 nitrogen and oxygen atoms in total. The molecule has 0 heterocycles. The molecule has 222 valence electrons. The molecule has 0 fully saturated rings. The number of methoxy groups -OCH3 is 1. The highest BCUT2D eigenvalue weighted by atomic mass is 16.5. The van der Waals surface area contributed by atoms with Gasteiger partial charge in [-0.05, 0) is 81.8 Å². The molecule has 0 N–H and O–H groups in total. The number of unbranched alkanes of at least 4 members (excludes halogenated alkanes) is 2. The van der Waals surface area contributed by atoms with Crippen molar-refractivity contribution in [2.45, 2.75) is 72.3 Å². The molecule has 0 bridgehead atoms. The van der Waals surface area contributed by atoms with Crippen molar-refractivity contribution in [1.29, 1.82) is 0 Å². The highest BCUT2D eigenvalue weighted by Crippen LogP contribution is 2.34. The van der Waals surface area contributed by atoms with Crippen LogP contribution < -0.4 is 0 Å². The summed E-state index contributed by atoms with van der Waals surface area (Å²) in [5.74, 6) is 6.21. The Morgan fingerprint density at radius 1 is 0.721 bits per heavy atom. The molecule has 0 aliphatic carbocycles. The summed E-state index contributed by atoms with van der Waals surface area (Å²) in [4.78, 5) is 12.3. The number of hydrogen-bond acceptors (Lipinski definition) is 3. The van der Waals surface area contributed by atoms with E-state index in [0.717, 1.165) is 36.0 Å². The van der Waals surface area contributed by atoms with Crippen LogP contribution in [0.2, 0.25) is 0 Å². The van der Waals surface area contributed by atoms with Gasteiger partial charge in [-0.15, -0.1) is 0 Å². The van der Waals surface area contributed by atoms with Gasteiger partial charge in [0.25, 0.3) is 0 Å². The van der Waals surface area contributed by atoms with Crippen LogP contribution in [-0.2, 0) is 46.6 Å². The van der Waals surface area contributed by atoms with E-state index in [2.05, 4.69) is 87.2 Å². The van der Waals surface area contributed by atoms with Crippen LogP contribution in [0.15, 0.2) is 84.9 Å². The Labute approximate surface area is 258 Å². The van der Waals surface area contributed by atoms with E-state index in [4.69, 9.17) is 9.47 Å². The van der Waals surface area contributed by atoms with E-state index >= 15 is 0 Å². The summed E-state index contributed by atoms with van der Waals surface area (Å²) < 4.78 is 10.8. The fraction of sp³-hybridized carbons (Fsp3) is 0.325. The Hall–Kier alpha value is -4.13. The van der Waals surface area contributed by atoms with Crippen molar-refractivity contribution >= 4 is 5.97 Å². The molecule has 0 aromatic heterocycles. The lowest BCUT2D eigenvalue weighted by atomic mass is 9.87. The van der Waals surface area contributed by atoms with Gasteiger partial charge in [0.05, 0.1) is 20.1 Å². The van der Waals surface area contributed by atoms with E-state index < -0.39 is 0 Å². The van der Waals surface area contributed by atoms with Crippen LogP contribution in [0.3, 0.4) is 0 Å². The van der Waals surface area contributed by atoms with E-state index in [-0.39, 0.29) is 12.4 Å². The maximum Gasteiger partial charge on any atom is 0.310 e. The minimum atomic E-state index is -0.270. The Morgan fingerprint density at radius 3 is 2.14 bits per heavy atom. The predicted molar refractivity (Wildman–Crippen MR) is 178 cm³/mol. The lowest BCUT2D eigenvalue weighted by Crippen LogP contribution is -2.07. The van der Waals surface area contributed by atoms with Gasteiger partial charge in [-0.3, -0.25) is 4.79 Å². The monoisotopic (exact) mass is 572 g/mol. The van der Waals surface area contributed by atoms with Crippen LogP contribution in [0.4, 0.5) is 0 Å². The van der Waals surface area contributed by atoms with Gasteiger partial charge < -0.3 is 9.47 Å². The van der Waals surface area contributed by atoms with Crippen LogP contribution in [0.25, 0.3) is 22.3 Å². The van der Waals surface area contributed by atoms with Gasteiger partial charge in [0.2, 0.25) is 0 Å². The average Bonchev–Trinajstić information content (AvgIpc) is 3.05. The Morgan fingerprint density at radius 2 is 1.44 bits per heavy atom. The van der Waals surface area contributed by atoms with Gasteiger partial charge in [0, 0.05) is 5.56 Å². The quantitative estimate of drug-likeness (QED) is 0.0910. The second-order valence-corrected chi connectivity index (χ2v) is 10.9. The summed E-state index contributed by atoms with van der Waals surface area (Å²) in [6.45, 7) is 7.44. The first kappa shape index (κ1) is 31.8. The summed E-state index contributed by atoms with van der Waals surface area (Å²) in [7, 11) is 1.43. The zero-order chi connectivity index (χ0) is 30.4. The summed E-state index contributed by atoms with van der Waals surface area (Å²) in [5, 5.41) is 0. The van der Waals surface area contributed by atoms with Crippen molar-refractivity contribution in [2.24, 2.45) is 0 Å². The normalized spacial score (nSPS) is 10.7. The first-order chi connectivity index (χ1) is 21.1. The highest BCUT2D eigenvalue weighted by molar-refractivity contribution is 5.79. The molecule has 43 heavy (non-hydrogen) atoms. The average molecular weight is 573 g/mol. The standard InChI is InChI=1S/C40H44O3/c1-5-8-10-14-30-18-20-34(21-19-30)36-22-23-38(32(6-2)25-36)39-27-35(37(26-33(39)7-3)28-40(41)42-4)17-13-24-43-29-31-15-11-9-12-16-31/h9,11-12,15-16,18-23,25-27H,5-8,10,14,24,28-29H2,1-4H3.